The first-order chi connectivity index (χ1) is 8.63. The molecule has 0 unspecified atom stereocenters. The van der Waals surface area contributed by atoms with Crippen LogP contribution in [0.4, 0.5) is 0 Å². The maximum absolute atomic E-state index is 12.2. The number of benzene rings is 1. The Morgan fingerprint density at radius 1 is 1.39 bits per heavy atom. The predicted molar refractivity (Wildman–Crippen MR) is 70.5 cm³/mol. The van der Waals surface area contributed by atoms with Gasteiger partial charge in [-0.3, -0.25) is 14.5 Å². The average Bonchev–Trinajstić information content (AvgIpc) is 2.77. The third kappa shape index (κ3) is 2.45. The number of hydrogen-bond donors (Lipinski definition) is 0. The molecule has 1 aliphatic heterocycles. The van der Waals surface area contributed by atoms with E-state index in [0.29, 0.717) is 18.5 Å². The van der Waals surface area contributed by atoms with Crippen LogP contribution in [0.1, 0.15) is 47.7 Å². The summed E-state index contributed by atoms with van der Waals surface area (Å²) in [6.07, 6.45) is 3.41. The molecule has 1 heterocycles. The zero-order chi connectivity index (χ0) is 13.1. The molecular weight excluding hydrogens is 226 g/mol. The summed E-state index contributed by atoms with van der Waals surface area (Å²) in [7, 11) is 0. The van der Waals surface area contributed by atoms with Crippen molar-refractivity contribution in [2.45, 2.75) is 39.5 Å². The molecule has 2 amide bonds. The minimum absolute atomic E-state index is 0.0460. The maximum Gasteiger partial charge on any atom is 0.260 e. The molecule has 1 saturated heterocycles. The van der Waals surface area contributed by atoms with E-state index < -0.39 is 0 Å². The lowest BCUT2D eigenvalue weighted by Gasteiger charge is -2.14. The molecule has 0 N–H and O–H groups in total. The molecule has 3 nitrogen and oxygen atoms in total. The van der Waals surface area contributed by atoms with Crippen LogP contribution in [-0.4, -0.2) is 23.3 Å². The molecule has 1 aliphatic rings. The molecule has 18 heavy (non-hydrogen) atoms. The first-order valence-corrected chi connectivity index (χ1v) is 6.57. The van der Waals surface area contributed by atoms with Crippen LogP contribution in [0.3, 0.4) is 0 Å². The third-order valence-corrected chi connectivity index (χ3v) is 3.43. The molecule has 0 saturated carbocycles. The van der Waals surface area contributed by atoms with E-state index in [9.17, 15) is 9.59 Å². The van der Waals surface area contributed by atoms with Crippen LogP contribution in [0.25, 0.3) is 0 Å². The number of carbonyl (C=O) groups excluding carboxylic acids is 2. The molecule has 0 bridgehead atoms. The highest BCUT2D eigenvalue weighted by Gasteiger charge is 2.27. The van der Waals surface area contributed by atoms with Gasteiger partial charge in [-0.25, -0.2) is 0 Å². The normalized spacial score (nSPS) is 15.2. The van der Waals surface area contributed by atoms with Crippen molar-refractivity contribution in [3.63, 3.8) is 0 Å². The van der Waals surface area contributed by atoms with Crippen molar-refractivity contribution in [2.75, 3.05) is 6.54 Å². The van der Waals surface area contributed by atoms with Crippen molar-refractivity contribution in [1.29, 1.82) is 0 Å². The van der Waals surface area contributed by atoms with E-state index in [0.717, 1.165) is 24.8 Å². The average molecular weight is 245 g/mol. The summed E-state index contributed by atoms with van der Waals surface area (Å²) in [4.78, 5) is 25.1. The standard InChI is InChI=1S/C15H19NO2/c1-3-5-12-7-8-13(10-11(12)2)15(18)16-9-4-6-14(16)17/h7-8,10H,3-6,9H2,1-2H3. The summed E-state index contributed by atoms with van der Waals surface area (Å²) in [5.74, 6) is -0.195. The first kappa shape index (κ1) is 12.8. The Kier molecular flexibility index (Phi) is 3.80. The van der Waals surface area contributed by atoms with E-state index in [4.69, 9.17) is 0 Å². The van der Waals surface area contributed by atoms with Gasteiger partial charge < -0.3 is 0 Å². The smallest absolute Gasteiger partial charge is 0.260 e. The van der Waals surface area contributed by atoms with Crippen molar-refractivity contribution in [3.8, 4) is 0 Å². The van der Waals surface area contributed by atoms with Gasteiger partial charge in [0.05, 0.1) is 0 Å². The second kappa shape index (κ2) is 5.34. The molecule has 1 fully saturated rings. The minimum Gasteiger partial charge on any atom is -0.279 e. The number of aryl methyl sites for hydroxylation is 2. The van der Waals surface area contributed by atoms with E-state index in [1.807, 2.05) is 25.1 Å². The van der Waals surface area contributed by atoms with E-state index >= 15 is 0 Å². The Morgan fingerprint density at radius 2 is 2.17 bits per heavy atom. The number of carbonyl (C=O) groups is 2. The largest absolute Gasteiger partial charge is 0.279 e. The molecule has 0 atom stereocenters. The number of rotatable bonds is 3. The van der Waals surface area contributed by atoms with Crippen molar-refractivity contribution < 1.29 is 9.59 Å². The van der Waals surface area contributed by atoms with Crippen LogP contribution in [0.2, 0.25) is 0 Å². The van der Waals surface area contributed by atoms with Gasteiger partial charge in [-0.05, 0) is 43.0 Å². The van der Waals surface area contributed by atoms with Crippen LogP contribution in [0.15, 0.2) is 18.2 Å². The lowest BCUT2D eigenvalue weighted by molar-refractivity contribution is -0.125. The van der Waals surface area contributed by atoms with Crippen LogP contribution in [-0.2, 0) is 11.2 Å². The zero-order valence-corrected chi connectivity index (χ0v) is 11.0. The Balaban J connectivity index is 2.21. The lowest BCUT2D eigenvalue weighted by Crippen LogP contribution is -2.31. The highest BCUT2D eigenvalue weighted by Crippen LogP contribution is 2.18. The van der Waals surface area contributed by atoms with Gasteiger partial charge in [0.15, 0.2) is 0 Å². The summed E-state index contributed by atoms with van der Waals surface area (Å²) in [5.41, 5.74) is 3.04. The molecule has 1 aromatic carbocycles. The van der Waals surface area contributed by atoms with Crippen molar-refractivity contribution in [1.82, 2.24) is 4.90 Å². The molecule has 1 aromatic rings. The predicted octanol–water partition coefficient (Wildman–Crippen LogP) is 2.71. The Hall–Kier alpha value is -1.64. The summed E-state index contributed by atoms with van der Waals surface area (Å²) >= 11 is 0. The van der Waals surface area contributed by atoms with E-state index in [1.165, 1.54) is 10.5 Å². The lowest BCUT2D eigenvalue weighted by atomic mass is 10.0. The van der Waals surface area contributed by atoms with Crippen LogP contribution in [0.5, 0.6) is 0 Å². The Morgan fingerprint density at radius 3 is 2.72 bits per heavy atom. The minimum atomic E-state index is -0.149. The summed E-state index contributed by atoms with van der Waals surface area (Å²) in [6.45, 7) is 4.72. The van der Waals surface area contributed by atoms with Gasteiger partial charge in [-0.2, -0.15) is 0 Å². The maximum atomic E-state index is 12.2. The number of imide groups is 1. The molecule has 2 rings (SSSR count). The van der Waals surface area contributed by atoms with Gasteiger partial charge >= 0.3 is 0 Å². The third-order valence-electron chi connectivity index (χ3n) is 3.43. The fraction of sp³-hybridized carbons (Fsp3) is 0.467. The summed E-state index contributed by atoms with van der Waals surface area (Å²) in [5, 5.41) is 0. The van der Waals surface area contributed by atoms with Gasteiger partial charge in [0.1, 0.15) is 0 Å². The van der Waals surface area contributed by atoms with Crippen LogP contribution < -0.4 is 0 Å². The SMILES string of the molecule is CCCc1ccc(C(=O)N2CCCC2=O)cc1C. The highest BCUT2D eigenvalue weighted by molar-refractivity contribution is 6.05. The van der Waals surface area contributed by atoms with Gasteiger partial charge in [-0.15, -0.1) is 0 Å². The van der Waals surface area contributed by atoms with Crippen molar-refractivity contribution >= 4 is 11.8 Å². The van der Waals surface area contributed by atoms with E-state index in [1.54, 1.807) is 0 Å². The van der Waals surface area contributed by atoms with Gasteiger partial charge in [0.2, 0.25) is 5.91 Å². The van der Waals surface area contributed by atoms with Crippen LogP contribution in [0, 0.1) is 6.92 Å². The van der Waals surface area contributed by atoms with E-state index in [2.05, 4.69) is 6.92 Å². The number of likely N-dealkylation sites (tertiary alicyclic amines) is 1. The topological polar surface area (TPSA) is 37.4 Å². The summed E-state index contributed by atoms with van der Waals surface area (Å²) in [6, 6.07) is 5.75. The molecule has 0 spiro atoms. The van der Waals surface area contributed by atoms with Crippen molar-refractivity contribution in [2.24, 2.45) is 0 Å². The second-order valence-corrected chi connectivity index (χ2v) is 4.85. The molecule has 0 radical (unpaired) electrons. The number of amides is 2. The fourth-order valence-electron chi connectivity index (χ4n) is 2.40. The Labute approximate surface area is 108 Å². The molecule has 3 heteroatoms. The number of hydrogen-bond acceptors (Lipinski definition) is 2. The van der Waals surface area contributed by atoms with Gasteiger partial charge in [-0.1, -0.05) is 19.4 Å². The van der Waals surface area contributed by atoms with Crippen molar-refractivity contribution in [3.05, 3.63) is 34.9 Å². The fourth-order valence-corrected chi connectivity index (χ4v) is 2.40. The monoisotopic (exact) mass is 245 g/mol. The van der Waals surface area contributed by atoms with Gasteiger partial charge in [0.25, 0.3) is 5.91 Å². The van der Waals surface area contributed by atoms with Gasteiger partial charge in [0, 0.05) is 18.5 Å². The molecular formula is C15H19NO2. The first-order valence-electron chi connectivity index (χ1n) is 6.57. The summed E-state index contributed by atoms with van der Waals surface area (Å²) < 4.78 is 0. The second-order valence-electron chi connectivity index (χ2n) is 4.85. The molecule has 0 aromatic heterocycles. The zero-order valence-electron chi connectivity index (χ0n) is 11.0. The Bertz CT molecular complexity index is 479. The molecule has 96 valence electrons. The highest BCUT2D eigenvalue weighted by atomic mass is 16.2. The molecule has 0 aliphatic carbocycles. The quantitative estimate of drug-likeness (QED) is 0.768. The van der Waals surface area contributed by atoms with Crippen LogP contribution >= 0.6 is 0 Å². The number of nitrogens with zero attached hydrogens (tertiary/aromatic N) is 1. The van der Waals surface area contributed by atoms with E-state index in [-0.39, 0.29) is 11.8 Å².